The minimum atomic E-state index is -0.933. The number of urea groups is 1. The number of carboxylic acid groups (broad SMARTS) is 1. The molecule has 0 aromatic heterocycles. The van der Waals surface area contributed by atoms with Gasteiger partial charge in [0.15, 0.2) is 0 Å². The molecular formula is C13H22N2O4. The third-order valence-electron chi connectivity index (χ3n) is 3.04. The number of carboxylic acids is 1. The van der Waals surface area contributed by atoms with E-state index < -0.39 is 12.0 Å². The molecule has 1 aliphatic heterocycles. The van der Waals surface area contributed by atoms with Gasteiger partial charge >= 0.3 is 12.0 Å². The van der Waals surface area contributed by atoms with Crippen LogP contribution in [0.25, 0.3) is 0 Å². The Morgan fingerprint density at radius 2 is 2.21 bits per heavy atom. The minimum absolute atomic E-state index is 0.320. The molecule has 1 saturated heterocycles. The van der Waals surface area contributed by atoms with Gasteiger partial charge < -0.3 is 20.1 Å². The maximum atomic E-state index is 11.9. The Hall–Kier alpha value is -1.56. The minimum Gasteiger partial charge on any atom is -0.480 e. The van der Waals surface area contributed by atoms with Gasteiger partial charge in [0.05, 0.1) is 13.2 Å². The van der Waals surface area contributed by atoms with Crippen LogP contribution in [0.2, 0.25) is 0 Å². The Morgan fingerprint density at radius 3 is 2.89 bits per heavy atom. The number of nitrogens with one attached hydrogen (secondary N) is 1. The van der Waals surface area contributed by atoms with Crippen molar-refractivity contribution in [2.75, 3.05) is 26.3 Å². The third-order valence-corrected chi connectivity index (χ3v) is 3.04. The molecule has 0 aromatic rings. The first-order valence-electron chi connectivity index (χ1n) is 6.62. The van der Waals surface area contributed by atoms with Gasteiger partial charge in [0.25, 0.3) is 0 Å². The lowest BCUT2D eigenvalue weighted by atomic mass is 10.0. The summed E-state index contributed by atoms with van der Waals surface area (Å²) in [6, 6.07) is -1.02. The summed E-state index contributed by atoms with van der Waals surface area (Å²) < 4.78 is 5.27. The molecule has 1 fully saturated rings. The van der Waals surface area contributed by atoms with Crippen molar-refractivity contribution in [1.29, 1.82) is 0 Å². The Labute approximate surface area is 113 Å². The Balaban J connectivity index is 2.27. The molecular weight excluding hydrogens is 248 g/mol. The largest absolute Gasteiger partial charge is 0.480 e. The second-order valence-corrected chi connectivity index (χ2v) is 4.46. The molecule has 0 spiro atoms. The molecule has 1 heterocycles. The number of amides is 2. The molecule has 0 radical (unpaired) electrons. The highest BCUT2D eigenvalue weighted by molar-refractivity contribution is 5.82. The van der Waals surface area contributed by atoms with E-state index in [2.05, 4.69) is 11.9 Å². The van der Waals surface area contributed by atoms with Crippen molar-refractivity contribution < 1.29 is 19.4 Å². The van der Waals surface area contributed by atoms with Gasteiger partial charge in [0.2, 0.25) is 0 Å². The Morgan fingerprint density at radius 1 is 1.42 bits per heavy atom. The Bertz CT molecular complexity index is 320. The van der Waals surface area contributed by atoms with Crippen molar-refractivity contribution in [3.05, 3.63) is 12.7 Å². The van der Waals surface area contributed by atoms with Gasteiger partial charge in [0.1, 0.15) is 6.04 Å². The summed E-state index contributed by atoms with van der Waals surface area (Å²) in [6.45, 7) is 5.47. The van der Waals surface area contributed by atoms with Crippen LogP contribution in [0.15, 0.2) is 12.7 Å². The maximum absolute atomic E-state index is 11.9. The van der Waals surface area contributed by atoms with Crippen LogP contribution in [-0.4, -0.2) is 54.4 Å². The van der Waals surface area contributed by atoms with Gasteiger partial charge in [0, 0.05) is 13.1 Å². The number of carbonyl (C=O) groups excluding carboxylic acids is 1. The van der Waals surface area contributed by atoms with Crippen LogP contribution in [0.5, 0.6) is 0 Å². The van der Waals surface area contributed by atoms with Crippen LogP contribution in [0.1, 0.15) is 25.7 Å². The van der Waals surface area contributed by atoms with Crippen molar-refractivity contribution >= 4 is 12.0 Å². The molecule has 0 aromatic carbocycles. The first-order chi connectivity index (χ1) is 9.16. The predicted octanol–water partition coefficient (Wildman–Crippen LogP) is 1.23. The lowest BCUT2D eigenvalue weighted by Gasteiger charge is -2.32. The van der Waals surface area contributed by atoms with E-state index in [1.54, 1.807) is 6.08 Å². The number of likely N-dealkylation sites (tertiary alicyclic amines) is 1. The lowest BCUT2D eigenvalue weighted by molar-refractivity contribution is -0.143. The van der Waals surface area contributed by atoms with Crippen LogP contribution < -0.4 is 5.32 Å². The number of piperidine rings is 1. The number of hydrogen-bond acceptors (Lipinski definition) is 3. The van der Waals surface area contributed by atoms with E-state index in [4.69, 9.17) is 9.84 Å². The molecule has 2 N–H and O–H groups in total. The van der Waals surface area contributed by atoms with E-state index in [-0.39, 0.29) is 6.03 Å². The van der Waals surface area contributed by atoms with E-state index >= 15 is 0 Å². The van der Waals surface area contributed by atoms with Crippen LogP contribution in [-0.2, 0) is 9.53 Å². The standard InChI is InChI=1S/C13H22N2O4/c1-2-3-9-19-10-7-14-13(18)15-8-5-4-6-11(15)12(16)17/h2,11H,1,3-10H2,(H,14,18)(H,16,17). The number of rotatable bonds is 7. The van der Waals surface area contributed by atoms with Crippen molar-refractivity contribution in [2.24, 2.45) is 0 Å². The molecule has 0 aliphatic carbocycles. The number of aliphatic carboxylic acids is 1. The van der Waals surface area contributed by atoms with Crippen LogP contribution in [0.4, 0.5) is 4.79 Å². The fraction of sp³-hybridized carbons (Fsp3) is 0.692. The summed E-state index contributed by atoms with van der Waals surface area (Å²) in [7, 11) is 0. The molecule has 19 heavy (non-hydrogen) atoms. The quantitative estimate of drug-likeness (QED) is 0.538. The van der Waals surface area contributed by atoms with E-state index in [1.165, 1.54) is 4.90 Å². The van der Waals surface area contributed by atoms with Gasteiger partial charge in [-0.1, -0.05) is 6.08 Å². The molecule has 1 atom stereocenters. The van der Waals surface area contributed by atoms with Crippen molar-refractivity contribution in [2.45, 2.75) is 31.7 Å². The van der Waals surface area contributed by atoms with Crippen LogP contribution >= 0.6 is 0 Å². The molecule has 0 bridgehead atoms. The van der Waals surface area contributed by atoms with Crippen molar-refractivity contribution in [1.82, 2.24) is 10.2 Å². The predicted molar refractivity (Wildman–Crippen MR) is 71.0 cm³/mol. The first kappa shape index (κ1) is 15.5. The summed E-state index contributed by atoms with van der Waals surface area (Å²) in [4.78, 5) is 24.3. The van der Waals surface area contributed by atoms with E-state index in [1.807, 2.05) is 0 Å². The van der Waals surface area contributed by atoms with Gasteiger partial charge in [-0.25, -0.2) is 9.59 Å². The fourth-order valence-electron chi connectivity index (χ4n) is 2.03. The van der Waals surface area contributed by atoms with E-state index in [0.717, 1.165) is 19.3 Å². The monoisotopic (exact) mass is 270 g/mol. The molecule has 2 amide bonds. The average Bonchev–Trinajstić information content (AvgIpc) is 2.42. The second kappa shape index (κ2) is 8.53. The Kier molecular flexibility index (Phi) is 6.95. The highest BCUT2D eigenvalue weighted by Crippen LogP contribution is 2.17. The third kappa shape index (κ3) is 5.30. The van der Waals surface area contributed by atoms with Crippen molar-refractivity contribution in [3.63, 3.8) is 0 Å². The zero-order valence-electron chi connectivity index (χ0n) is 11.1. The topological polar surface area (TPSA) is 78.9 Å². The molecule has 1 rings (SSSR count). The SMILES string of the molecule is C=CCCOCCNC(=O)N1CCCCC1C(=O)O. The number of hydrogen-bond donors (Lipinski definition) is 2. The number of carbonyl (C=O) groups is 2. The average molecular weight is 270 g/mol. The van der Waals surface area contributed by atoms with Gasteiger partial charge in [-0.2, -0.15) is 0 Å². The summed E-state index contributed by atoms with van der Waals surface area (Å²) >= 11 is 0. The maximum Gasteiger partial charge on any atom is 0.326 e. The first-order valence-corrected chi connectivity index (χ1v) is 6.62. The highest BCUT2D eigenvalue weighted by atomic mass is 16.5. The van der Waals surface area contributed by atoms with Crippen LogP contribution in [0, 0.1) is 0 Å². The van der Waals surface area contributed by atoms with Gasteiger partial charge in [-0.15, -0.1) is 6.58 Å². The summed E-state index contributed by atoms with van der Waals surface area (Å²) in [6.07, 6.45) is 4.78. The van der Waals surface area contributed by atoms with Gasteiger partial charge in [-0.3, -0.25) is 0 Å². The van der Waals surface area contributed by atoms with E-state index in [0.29, 0.717) is 32.7 Å². The van der Waals surface area contributed by atoms with Crippen molar-refractivity contribution in [3.8, 4) is 0 Å². The molecule has 1 aliphatic rings. The zero-order valence-corrected chi connectivity index (χ0v) is 11.1. The molecule has 6 heteroatoms. The second-order valence-electron chi connectivity index (χ2n) is 4.46. The summed E-state index contributed by atoms with van der Waals surface area (Å²) in [5.74, 6) is -0.933. The van der Waals surface area contributed by atoms with Crippen LogP contribution in [0.3, 0.4) is 0 Å². The summed E-state index contributed by atoms with van der Waals surface area (Å²) in [5, 5.41) is 11.8. The molecule has 108 valence electrons. The van der Waals surface area contributed by atoms with Gasteiger partial charge in [-0.05, 0) is 25.7 Å². The van der Waals surface area contributed by atoms with E-state index in [9.17, 15) is 9.59 Å². The zero-order chi connectivity index (χ0) is 14.1. The fourth-order valence-corrected chi connectivity index (χ4v) is 2.03. The number of nitrogens with zero attached hydrogens (tertiary/aromatic N) is 1. The summed E-state index contributed by atoms with van der Waals surface area (Å²) in [5.41, 5.74) is 0. The molecule has 1 unspecified atom stereocenters. The molecule has 0 saturated carbocycles. The number of ether oxygens (including phenoxy) is 1. The normalized spacial score (nSPS) is 18.9. The lowest BCUT2D eigenvalue weighted by Crippen LogP contribution is -2.52. The molecule has 6 nitrogen and oxygen atoms in total. The smallest absolute Gasteiger partial charge is 0.326 e. The highest BCUT2D eigenvalue weighted by Gasteiger charge is 2.31.